The van der Waals surface area contributed by atoms with E-state index in [0.29, 0.717) is 12.2 Å². The molecule has 0 saturated heterocycles. The van der Waals surface area contributed by atoms with Crippen LogP contribution in [0.2, 0.25) is 0 Å². The average molecular weight is 235 g/mol. The number of aromatic nitrogens is 2. The molecule has 0 unspecified atom stereocenters. The van der Waals surface area contributed by atoms with Crippen LogP contribution < -0.4 is 11.3 Å². The van der Waals surface area contributed by atoms with Gasteiger partial charge in [0.25, 0.3) is 5.56 Å². The Balaban J connectivity index is 2.81. The van der Waals surface area contributed by atoms with Crippen molar-refractivity contribution in [2.45, 2.75) is 20.4 Å². The fraction of sp³-hybridized carbons (Fsp3) is 0.250. The maximum absolute atomic E-state index is 13.7. The number of nitrogen functional groups attached to an aromatic ring is 1. The van der Waals surface area contributed by atoms with Crippen molar-refractivity contribution in [1.82, 2.24) is 9.36 Å². The molecule has 90 valence electrons. The summed E-state index contributed by atoms with van der Waals surface area (Å²) in [6.45, 7) is 4.17. The Labute approximate surface area is 98.1 Å². The van der Waals surface area contributed by atoms with E-state index in [2.05, 4.69) is 0 Å². The van der Waals surface area contributed by atoms with E-state index >= 15 is 0 Å². The first kappa shape index (κ1) is 11.4. The lowest BCUT2D eigenvalue weighted by Gasteiger charge is -2.11. The van der Waals surface area contributed by atoms with E-state index in [9.17, 15) is 9.18 Å². The van der Waals surface area contributed by atoms with Crippen molar-refractivity contribution < 1.29 is 4.39 Å². The highest BCUT2D eigenvalue weighted by atomic mass is 19.1. The summed E-state index contributed by atoms with van der Waals surface area (Å²) in [6, 6.07) is 6.14. The van der Waals surface area contributed by atoms with Gasteiger partial charge in [-0.3, -0.25) is 9.48 Å². The van der Waals surface area contributed by atoms with Gasteiger partial charge >= 0.3 is 0 Å². The number of hydrogen-bond donors (Lipinski definition) is 1. The Morgan fingerprint density at radius 1 is 1.35 bits per heavy atom. The van der Waals surface area contributed by atoms with Crippen molar-refractivity contribution in [3.8, 4) is 5.69 Å². The minimum absolute atomic E-state index is 0.162. The summed E-state index contributed by atoms with van der Waals surface area (Å²) in [5.41, 5.74) is 6.35. The van der Waals surface area contributed by atoms with E-state index < -0.39 is 5.82 Å². The Morgan fingerprint density at radius 3 is 2.59 bits per heavy atom. The molecule has 2 rings (SSSR count). The lowest BCUT2D eigenvalue weighted by Crippen LogP contribution is -2.22. The fourth-order valence-corrected chi connectivity index (χ4v) is 1.91. The van der Waals surface area contributed by atoms with Gasteiger partial charge in [-0.05, 0) is 26.0 Å². The highest BCUT2D eigenvalue weighted by molar-refractivity contribution is 5.45. The SMILES string of the molecule is CCn1c(C)c(N)c(=O)n1-c1ccccc1F. The lowest BCUT2D eigenvalue weighted by molar-refractivity contribution is 0.532. The number of nitrogens with two attached hydrogens (primary N) is 1. The van der Waals surface area contributed by atoms with Gasteiger partial charge in [-0.1, -0.05) is 12.1 Å². The number of halogens is 1. The molecule has 0 aliphatic heterocycles. The second-order valence-electron chi connectivity index (χ2n) is 3.78. The summed E-state index contributed by atoms with van der Waals surface area (Å²) in [4.78, 5) is 12.0. The van der Waals surface area contributed by atoms with Crippen LogP contribution in [0.25, 0.3) is 5.69 Å². The molecule has 0 saturated carbocycles. The molecular weight excluding hydrogens is 221 g/mol. The Hall–Kier alpha value is -2.04. The van der Waals surface area contributed by atoms with E-state index in [-0.39, 0.29) is 16.9 Å². The Kier molecular flexibility index (Phi) is 2.75. The van der Waals surface area contributed by atoms with Crippen LogP contribution in [0.4, 0.5) is 10.1 Å². The van der Waals surface area contributed by atoms with Crippen molar-refractivity contribution in [3.63, 3.8) is 0 Å². The van der Waals surface area contributed by atoms with Crippen LogP contribution in [-0.4, -0.2) is 9.36 Å². The standard InChI is InChI=1S/C12H14FN3O/c1-3-15-8(2)11(14)12(17)16(15)10-7-5-4-6-9(10)13/h4-7H,3,14H2,1-2H3. The van der Waals surface area contributed by atoms with Crippen molar-refractivity contribution in [2.75, 3.05) is 5.73 Å². The first-order valence-electron chi connectivity index (χ1n) is 5.40. The molecule has 0 bridgehead atoms. The third-order valence-electron chi connectivity index (χ3n) is 2.82. The van der Waals surface area contributed by atoms with Crippen LogP contribution in [0.1, 0.15) is 12.6 Å². The second kappa shape index (κ2) is 4.08. The van der Waals surface area contributed by atoms with Gasteiger partial charge in [0.05, 0.1) is 5.69 Å². The van der Waals surface area contributed by atoms with Gasteiger partial charge < -0.3 is 5.73 Å². The second-order valence-corrected chi connectivity index (χ2v) is 3.78. The molecule has 0 aliphatic rings. The fourth-order valence-electron chi connectivity index (χ4n) is 1.91. The van der Waals surface area contributed by atoms with Crippen LogP contribution >= 0.6 is 0 Å². The van der Waals surface area contributed by atoms with Crippen molar-refractivity contribution in [3.05, 3.63) is 46.1 Å². The minimum atomic E-state index is -0.443. The molecule has 0 amide bonds. The average Bonchev–Trinajstić information content (AvgIpc) is 2.54. The van der Waals surface area contributed by atoms with E-state index in [4.69, 9.17) is 5.73 Å². The third-order valence-corrected chi connectivity index (χ3v) is 2.82. The predicted molar refractivity (Wildman–Crippen MR) is 64.8 cm³/mol. The van der Waals surface area contributed by atoms with Gasteiger partial charge in [-0.15, -0.1) is 0 Å². The Morgan fingerprint density at radius 2 is 2.00 bits per heavy atom. The maximum atomic E-state index is 13.7. The zero-order valence-corrected chi connectivity index (χ0v) is 9.77. The molecule has 17 heavy (non-hydrogen) atoms. The van der Waals surface area contributed by atoms with Crippen LogP contribution in [0, 0.1) is 12.7 Å². The minimum Gasteiger partial charge on any atom is -0.393 e. The lowest BCUT2D eigenvalue weighted by atomic mass is 10.3. The van der Waals surface area contributed by atoms with Crippen molar-refractivity contribution in [2.24, 2.45) is 0 Å². The summed E-state index contributed by atoms with van der Waals surface area (Å²) in [5.74, 6) is -0.443. The summed E-state index contributed by atoms with van der Waals surface area (Å²) in [7, 11) is 0. The number of benzene rings is 1. The molecule has 0 fully saturated rings. The van der Waals surface area contributed by atoms with Crippen molar-refractivity contribution in [1.29, 1.82) is 0 Å². The molecule has 2 aromatic rings. The predicted octanol–water partition coefficient (Wildman–Crippen LogP) is 1.69. The van der Waals surface area contributed by atoms with Crippen LogP contribution in [0.5, 0.6) is 0 Å². The summed E-state index contributed by atoms with van der Waals surface area (Å²) >= 11 is 0. The third kappa shape index (κ3) is 1.63. The zero-order chi connectivity index (χ0) is 12.6. The van der Waals surface area contributed by atoms with Gasteiger partial charge in [-0.25, -0.2) is 9.07 Å². The summed E-state index contributed by atoms with van der Waals surface area (Å²) in [6.07, 6.45) is 0. The van der Waals surface area contributed by atoms with Gasteiger partial charge in [0.2, 0.25) is 0 Å². The normalized spacial score (nSPS) is 10.8. The van der Waals surface area contributed by atoms with Crippen LogP contribution in [-0.2, 0) is 6.54 Å². The zero-order valence-electron chi connectivity index (χ0n) is 9.77. The molecule has 0 aliphatic carbocycles. The smallest absolute Gasteiger partial charge is 0.294 e. The molecule has 1 aromatic heterocycles. The van der Waals surface area contributed by atoms with Crippen LogP contribution in [0.3, 0.4) is 0 Å². The topological polar surface area (TPSA) is 52.9 Å². The van der Waals surface area contributed by atoms with E-state index in [1.165, 1.54) is 10.7 Å². The van der Waals surface area contributed by atoms with Gasteiger partial charge in [0.15, 0.2) is 0 Å². The number of anilines is 1. The summed E-state index contributed by atoms with van der Waals surface area (Å²) in [5, 5.41) is 0. The largest absolute Gasteiger partial charge is 0.393 e. The first-order chi connectivity index (χ1) is 8.07. The molecule has 5 heteroatoms. The van der Waals surface area contributed by atoms with Crippen LogP contribution in [0.15, 0.2) is 29.1 Å². The molecule has 0 radical (unpaired) electrons. The molecule has 0 atom stereocenters. The van der Waals surface area contributed by atoms with Gasteiger partial charge in [0.1, 0.15) is 17.2 Å². The summed E-state index contributed by atoms with van der Waals surface area (Å²) < 4.78 is 16.6. The molecule has 4 nitrogen and oxygen atoms in total. The van der Waals surface area contributed by atoms with Gasteiger partial charge in [-0.2, -0.15) is 0 Å². The molecular formula is C12H14FN3O. The van der Waals surface area contributed by atoms with E-state index in [0.717, 1.165) is 0 Å². The van der Waals surface area contributed by atoms with E-state index in [1.54, 1.807) is 29.8 Å². The Bertz CT molecular complexity index is 613. The monoisotopic (exact) mass is 235 g/mol. The highest BCUT2D eigenvalue weighted by Crippen LogP contribution is 2.15. The number of hydrogen-bond acceptors (Lipinski definition) is 2. The van der Waals surface area contributed by atoms with Gasteiger partial charge in [0, 0.05) is 6.54 Å². The van der Waals surface area contributed by atoms with E-state index in [1.807, 2.05) is 6.92 Å². The molecule has 1 aromatic carbocycles. The molecule has 0 spiro atoms. The maximum Gasteiger partial charge on any atom is 0.294 e. The first-order valence-corrected chi connectivity index (χ1v) is 5.40. The quantitative estimate of drug-likeness (QED) is 0.861. The number of para-hydroxylation sites is 1. The molecule has 1 heterocycles. The molecule has 2 N–H and O–H groups in total. The highest BCUT2D eigenvalue weighted by Gasteiger charge is 2.16. The number of nitrogens with zero attached hydrogens (tertiary/aromatic N) is 2. The van der Waals surface area contributed by atoms with Crippen molar-refractivity contribution >= 4 is 5.69 Å². The number of rotatable bonds is 2.